The zero-order valence-corrected chi connectivity index (χ0v) is 16.9. The summed E-state index contributed by atoms with van der Waals surface area (Å²) in [5, 5.41) is 15.2. The number of aromatic nitrogens is 7. The number of halogens is 2. The van der Waals surface area contributed by atoms with Crippen LogP contribution < -0.4 is 4.74 Å². The molecule has 0 radical (unpaired) electrons. The SMILES string of the molecule is C[C@@H](Cn1cnnn1)Oc1cc(-c2ccn3ncc(-c4ccccc4F)c3n2)ccc1F. The van der Waals surface area contributed by atoms with E-state index in [4.69, 9.17) is 4.74 Å². The second-order valence-corrected chi connectivity index (χ2v) is 7.22. The van der Waals surface area contributed by atoms with Crippen LogP contribution in [0.3, 0.4) is 0 Å². The molecular weight excluding hydrogens is 416 g/mol. The number of hydrogen-bond acceptors (Lipinski definition) is 6. The topological polar surface area (TPSA) is 83.0 Å². The monoisotopic (exact) mass is 433 g/mol. The molecule has 3 heterocycles. The molecule has 2 aromatic carbocycles. The number of fused-ring (bicyclic) bond motifs is 1. The van der Waals surface area contributed by atoms with Gasteiger partial charge >= 0.3 is 0 Å². The summed E-state index contributed by atoms with van der Waals surface area (Å²) in [5.41, 5.74) is 2.70. The van der Waals surface area contributed by atoms with Crippen LogP contribution in [-0.4, -0.2) is 40.9 Å². The molecular formula is C22H17F2N7O. The summed E-state index contributed by atoms with van der Waals surface area (Å²) < 4.78 is 37.6. The molecule has 5 rings (SSSR count). The molecule has 0 bridgehead atoms. The first-order valence-electron chi connectivity index (χ1n) is 9.85. The Hall–Kier alpha value is -4.21. The molecule has 0 aliphatic heterocycles. The van der Waals surface area contributed by atoms with Crippen LogP contribution in [-0.2, 0) is 6.54 Å². The first-order chi connectivity index (χ1) is 15.6. The van der Waals surface area contributed by atoms with Crippen LogP contribution >= 0.6 is 0 Å². The zero-order valence-electron chi connectivity index (χ0n) is 16.9. The van der Waals surface area contributed by atoms with Crippen molar-refractivity contribution in [2.24, 2.45) is 0 Å². The summed E-state index contributed by atoms with van der Waals surface area (Å²) in [5.74, 6) is -0.758. The Kier molecular flexibility index (Phi) is 5.02. The van der Waals surface area contributed by atoms with Crippen molar-refractivity contribution in [2.45, 2.75) is 19.6 Å². The van der Waals surface area contributed by atoms with E-state index in [1.807, 2.05) is 0 Å². The molecule has 0 unspecified atom stereocenters. The van der Waals surface area contributed by atoms with Gasteiger partial charge < -0.3 is 4.74 Å². The standard InChI is InChI=1S/C22H17F2N7O/c1-14(12-30-13-25-28-29-30)32-21-10-15(6-7-19(21)24)20-8-9-31-22(27-20)17(11-26-31)16-4-2-3-5-18(16)23/h2-11,13-14H,12H2,1H3/t14-/m0/s1. The van der Waals surface area contributed by atoms with Crippen molar-refractivity contribution in [3.8, 4) is 28.1 Å². The first-order valence-corrected chi connectivity index (χ1v) is 9.85. The average Bonchev–Trinajstić information content (AvgIpc) is 3.45. The quantitative estimate of drug-likeness (QED) is 0.405. The number of nitrogens with zero attached hydrogens (tertiary/aromatic N) is 7. The summed E-state index contributed by atoms with van der Waals surface area (Å²) in [7, 11) is 0. The Morgan fingerprint density at radius 3 is 2.72 bits per heavy atom. The van der Waals surface area contributed by atoms with E-state index in [1.54, 1.807) is 60.2 Å². The third kappa shape index (κ3) is 3.78. The molecule has 32 heavy (non-hydrogen) atoms. The number of hydrogen-bond donors (Lipinski definition) is 0. The molecule has 160 valence electrons. The third-order valence-electron chi connectivity index (χ3n) is 4.92. The van der Waals surface area contributed by atoms with Gasteiger partial charge in [-0.3, -0.25) is 0 Å². The molecule has 0 spiro atoms. The van der Waals surface area contributed by atoms with Gasteiger partial charge in [0, 0.05) is 22.9 Å². The van der Waals surface area contributed by atoms with Crippen molar-refractivity contribution in [1.82, 2.24) is 34.8 Å². The molecule has 10 heteroatoms. The predicted octanol–water partition coefficient (Wildman–Crippen LogP) is 3.80. The maximum absolute atomic E-state index is 14.4. The minimum absolute atomic E-state index is 0.0904. The highest BCUT2D eigenvalue weighted by Gasteiger charge is 2.15. The Balaban J connectivity index is 1.48. The van der Waals surface area contributed by atoms with Gasteiger partial charge in [0.05, 0.1) is 18.4 Å². The van der Waals surface area contributed by atoms with Gasteiger partial charge in [-0.05, 0) is 47.7 Å². The lowest BCUT2D eigenvalue weighted by atomic mass is 10.1. The summed E-state index contributed by atoms with van der Waals surface area (Å²) in [4.78, 5) is 4.66. The van der Waals surface area contributed by atoms with E-state index in [-0.39, 0.29) is 17.7 Å². The third-order valence-corrected chi connectivity index (χ3v) is 4.92. The maximum atomic E-state index is 14.4. The van der Waals surface area contributed by atoms with Crippen LogP contribution in [0.2, 0.25) is 0 Å². The minimum atomic E-state index is -0.491. The van der Waals surface area contributed by atoms with Gasteiger partial charge in [-0.25, -0.2) is 23.0 Å². The maximum Gasteiger partial charge on any atom is 0.165 e. The highest BCUT2D eigenvalue weighted by Crippen LogP contribution is 2.30. The summed E-state index contributed by atoms with van der Waals surface area (Å²) >= 11 is 0. The second-order valence-electron chi connectivity index (χ2n) is 7.22. The lowest BCUT2D eigenvalue weighted by molar-refractivity contribution is 0.185. The van der Waals surface area contributed by atoms with Crippen molar-refractivity contribution in [1.29, 1.82) is 0 Å². The molecule has 0 aliphatic carbocycles. The van der Waals surface area contributed by atoms with Crippen molar-refractivity contribution in [3.63, 3.8) is 0 Å². The summed E-state index contributed by atoms with van der Waals surface area (Å²) in [6, 6.07) is 12.7. The molecule has 0 N–H and O–H groups in total. The minimum Gasteiger partial charge on any atom is -0.486 e. The van der Waals surface area contributed by atoms with Crippen LogP contribution in [0.4, 0.5) is 8.78 Å². The van der Waals surface area contributed by atoms with Crippen LogP contribution in [0.25, 0.3) is 28.0 Å². The highest BCUT2D eigenvalue weighted by atomic mass is 19.1. The van der Waals surface area contributed by atoms with E-state index in [0.29, 0.717) is 34.6 Å². The van der Waals surface area contributed by atoms with Crippen LogP contribution in [0.15, 0.2) is 67.3 Å². The van der Waals surface area contributed by atoms with Gasteiger partial charge in [0.2, 0.25) is 0 Å². The first kappa shape index (κ1) is 19.7. The van der Waals surface area contributed by atoms with E-state index >= 15 is 0 Å². The van der Waals surface area contributed by atoms with E-state index in [9.17, 15) is 8.78 Å². The molecule has 0 saturated carbocycles. The predicted molar refractivity (Wildman–Crippen MR) is 112 cm³/mol. The smallest absolute Gasteiger partial charge is 0.165 e. The Morgan fingerprint density at radius 1 is 1.03 bits per heavy atom. The Morgan fingerprint density at radius 2 is 1.91 bits per heavy atom. The van der Waals surface area contributed by atoms with Crippen LogP contribution in [0.1, 0.15) is 6.92 Å². The molecule has 1 atom stereocenters. The number of tetrazole rings is 1. The van der Waals surface area contributed by atoms with Crippen LogP contribution in [0.5, 0.6) is 5.75 Å². The van der Waals surface area contributed by atoms with Gasteiger partial charge in [-0.15, -0.1) is 5.10 Å². The van der Waals surface area contributed by atoms with Gasteiger partial charge in [0.1, 0.15) is 18.2 Å². The van der Waals surface area contributed by atoms with Gasteiger partial charge in [-0.2, -0.15) is 5.10 Å². The van der Waals surface area contributed by atoms with Crippen LogP contribution in [0, 0.1) is 11.6 Å². The van der Waals surface area contributed by atoms with Gasteiger partial charge in [0.15, 0.2) is 17.2 Å². The fourth-order valence-corrected chi connectivity index (χ4v) is 3.43. The molecule has 0 amide bonds. The molecule has 8 nitrogen and oxygen atoms in total. The Labute approximate surface area is 181 Å². The molecule has 3 aromatic heterocycles. The van der Waals surface area contributed by atoms with E-state index in [0.717, 1.165) is 0 Å². The van der Waals surface area contributed by atoms with Crippen molar-refractivity contribution >= 4 is 5.65 Å². The van der Waals surface area contributed by atoms with Crippen molar-refractivity contribution in [2.75, 3.05) is 0 Å². The molecule has 5 aromatic rings. The summed E-state index contributed by atoms with van der Waals surface area (Å²) in [6.07, 6.45) is 4.39. The van der Waals surface area contributed by atoms with E-state index in [2.05, 4.69) is 25.6 Å². The normalized spacial score (nSPS) is 12.2. The zero-order chi connectivity index (χ0) is 22.1. The summed E-state index contributed by atoms with van der Waals surface area (Å²) in [6.45, 7) is 2.16. The fraction of sp³-hybridized carbons (Fsp3) is 0.136. The lowest BCUT2D eigenvalue weighted by Crippen LogP contribution is -2.20. The molecule has 0 aliphatic rings. The fourth-order valence-electron chi connectivity index (χ4n) is 3.43. The number of ether oxygens (including phenoxy) is 1. The lowest BCUT2D eigenvalue weighted by Gasteiger charge is -2.15. The van der Waals surface area contributed by atoms with Crippen molar-refractivity contribution in [3.05, 3.63) is 78.9 Å². The molecule has 0 fully saturated rings. The van der Waals surface area contributed by atoms with E-state index in [1.165, 1.54) is 23.1 Å². The number of benzene rings is 2. The van der Waals surface area contributed by atoms with E-state index < -0.39 is 5.82 Å². The van der Waals surface area contributed by atoms with Crippen molar-refractivity contribution < 1.29 is 13.5 Å². The Bertz CT molecular complexity index is 1380. The van der Waals surface area contributed by atoms with Gasteiger partial charge in [-0.1, -0.05) is 18.2 Å². The number of rotatable bonds is 6. The average molecular weight is 433 g/mol. The largest absolute Gasteiger partial charge is 0.486 e. The van der Waals surface area contributed by atoms with Gasteiger partial charge in [0.25, 0.3) is 0 Å². The highest BCUT2D eigenvalue weighted by molar-refractivity contribution is 5.78. The second kappa shape index (κ2) is 8.14. The molecule has 0 saturated heterocycles.